The summed E-state index contributed by atoms with van der Waals surface area (Å²) < 4.78 is 7.21. The highest BCUT2D eigenvalue weighted by Crippen LogP contribution is 2.25. The first-order chi connectivity index (χ1) is 12.2. The van der Waals surface area contributed by atoms with E-state index in [2.05, 4.69) is 28.3 Å². The van der Waals surface area contributed by atoms with Crippen LogP contribution in [-0.4, -0.2) is 44.4 Å². The van der Waals surface area contributed by atoms with Gasteiger partial charge in [0.05, 0.1) is 0 Å². The van der Waals surface area contributed by atoms with Gasteiger partial charge in [0.2, 0.25) is 0 Å². The Balaban J connectivity index is 1.68. The number of nitrogens with zero attached hydrogens (tertiary/aromatic N) is 4. The van der Waals surface area contributed by atoms with Crippen LogP contribution >= 0.6 is 0 Å². The zero-order valence-electron chi connectivity index (χ0n) is 16.1. The molecule has 1 amide bonds. The Hall–Kier alpha value is -2.63. The fraction of sp³-hybridized carbons (Fsp3) is 0.450. The third kappa shape index (κ3) is 4.12. The number of rotatable bonds is 2. The van der Waals surface area contributed by atoms with Crippen LogP contribution in [-0.2, 0) is 11.8 Å². The lowest BCUT2D eigenvalue weighted by atomic mass is 9.98. The van der Waals surface area contributed by atoms with Crippen LogP contribution in [0.4, 0.5) is 4.79 Å². The second-order valence-electron chi connectivity index (χ2n) is 7.59. The first-order valence-electron chi connectivity index (χ1n) is 8.88. The van der Waals surface area contributed by atoms with Gasteiger partial charge in [-0.15, -0.1) is 0 Å². The van der Waals surface area contributed by atoms with Gasteiger partial charge in [-0.3, -0.25) is 4.68 Å². The van der Waals surface area contributed by atoms with E-state index < -0.39 is 5.60 Å². The minimum absolute atomic E-state index is 0.250. The zero-order valence-corrected chi connectivity index (χ0v) is 16.1. The van der Waals surface area contributed by atoms with Crippen molar-refractivity contribution in [2.24, 2.45) is 7.05 Å². The Labute approximate surface area is 154 Å². The van der Waals surface area contributed by atoms with Gasteiger partial charge in [-0.2, -0.15) is 5.10 Å². The summed E-state index contributed by atoms with van der Waals surface area (Å²) in [6, 6.07) is 8.28. The quantitative estimate of drug-likeness (QED) is 0.823. The largest absolute Gasteiger partial charge is 0.444 e. The maximum Gasteiger partial charge on any atom is 0.410 e. The molecule has 0 atom stereocenters. The number of carbonyl (C=O) groups is 1. The maximum absolute atomic E-state index is 12.1. The predicted molar refractivity (Wildman–Crippen MR) is 102 cm³/mol. The molecule has 0 spiro atoms. The number of benzene rings is 1. The van der Waals surface area contributed by atoms with Gasteiger partial charge >= 0.3 is 6.09 Å². The van der Waals surface area contributed by atoms with Gasteiger partial charge in [0.15, 0.2) is 5.82 Å². The lowest BCUT2D eigenvalue weighted by Gasteiger charge is -2.29. The molecule has 26 heavy (non-hydrogen) atoms. The molecule has 2 aromatic rings. The molecule has 0 N–H and O–H groups in total. The summed E-state index contributed by atoms with van der Waals surface area (Å²) >= 11 is 0. The Morgan fingerprint density at radius 3 is 2.31 bits per heavy atom. The smallest absolute Gasteiger partial charge is 0.410 e. The lowest BCUT2D eigenvalue weighted by Crippen LogP contribution is -2.39. The van der Waals surface area contributed by atoms with Crippen LogP contribution in [0.1, 0.15) is 38.6 Å². The molecule has 0 radical (unpaired) electrons. The number of amides is 1. The highest BCUT2D eigenvalue weighted by atomic mass is 16.6. The van der Waals surface area contributed by atoms with Crippen molar-refractivity contribution in [3.63, 3.8) is 0 Å². The van der Waals surface area contributed by atoms with E-state index in [0.29, 0.717) is 13.1 Å². The van der Waals surface area contributed by atoms with E-state index in [4.69, 9.17) is 4.74 Å². The van der Waals surface area contributed by atoms with Crippen molar-refractivity contribution in [3.8, 4) is 11.4 Å². The molecule has 3 rings (SSSR count). The topological polar surface area (TPSA) is 60.3 Å². The van der Waals surface area contributed by atoms with E-state index in [1.54, 1.807) is 9.58 Å². The molecule has 1 aromatic heterocycles. The fourth-order valence-electron chi connectivity index (χ4n) is 2.84. The first-order valence-corrected chi connectivity index (χ1v) is 8.88. The van der Waals surface area contributed by atoms with Crippen molar-refractivity contribution in [2.75, 3.05) is 13.1 Å². The van der Waals surface area contributed by atoms with Crippen LogP contribution in [0, 0.1) is 6.92 Å². The number of hydrogen-bond donors (Lipinski definition) is 0. The van der Waals surface area contributed by atoms with Crippen LogP contribution in [0.15, 0.2) is 30.3 Å². The Bertz CT molecular complexity index is 809. The molecule has 6 heteroatoms. The van der Waals surface area contributed by atoms with Gasteiger partial charge in [-0.05, 0) is 45.3 Å². The van der Waals surface area contributed by atoms with Crippen molar-refractivity contribution in [3.05, 3.63) is 41.7 Å². The number of ether oxygens (including phenoxy) is 1. The van der Waals surface area contributed by atoms with E-state index in [0.717, 1.165) is 23.6 Å². The fourth-order valence-corrected chi connectivity index (χ4v) is 2.84. The monoisotopic (exact) mass is 354 g/mol. The molecule has 138 valence electrons. The average molecular weight is 354 g/mol. The van der Waals surface area contributed by atoms with Crippen LogP contribution < -0.4 is 0 Å². The standard InChI is InChI=1S/C20H26N4O2/c1-14-21-18(22-23(14)5)17-8-6-15(7-9-17)16-10-12-24(13-11-16)19(25)26-20(2,3)4/h6-10H,11-13H2,1-5H3. The van der Waals surface area contributed by atoms with E-state index in [-0.39, 0.29) is 6.09 Å². The van der Waals surface area contributed by atoms with Crippen LogP contribution in [0.2, 0.25) is 0 Å². The van der Waals surface area contributed by atoms with Crippen molar-refractivity contribution < 1.29 is 9.53 Å². The predicted octanol–water partition coefficient (Wildman–Crippen LogP) is 3.81. The van der Waals surface area contributed by atoms with Gasteiger partial charge in [-0.1, -0.05) is 30.3 Å². The van der Waals surface area contributed by atoms with Crippen molar-refractivity contribution >= 4 is 11.7 Å². The molecule has 0 unspecified atom stereocenters. The van der Waals surface area contributed by atoms with Crippen LogP contribution in [0.5, 0.6) is 0 Å². The van der Waals surface area contributed by atoms with Crippen molar-refractivity contribution in [1.29, 1.82) is 0 Å². The van der Waals surface area contributed by atoms with E-state index in [1.165, 1.54) is 11.1 Å². The van der Waals surface area contributed by atoms with Gasteiger partial charge in [0.1, 0.15) is 11.4 Å². The summed E-state index contributed by atoms with van der Waals surface area (Å²) in [5, 5.41) is 4.41. The molecule has 0 saturated heterocycles. The number of aromatic nitrogens is 3. The molecule has 1 aliphatic heterocycles. The molecule has 2 heterocycles. The van der Waals surface area contributed by atoms with Gasteiger partial charge in [0.25, 0.3) is 0 Å². The molecular formula is C20H26N4O2. The molecule has 0 saturated carbocycles. The third-order valence-corrected chi connectivity index (χ3v) is 4.36. The number of carbonyl (C=O) groups excluding carboxylic acids is 1. The zero-order chi connectivity index (χ0) is 18.9. The van der Waals surface area contributed by atoms with Gasteiger partial charge < -0.3 is 9.64 Å². The second kappa shape index (κ2) is 6.94. The molecule has 1 aliphatic rings. The molecule has 6 nitrogen and oxygen atoms in total. The SMILES string of the molecule is Cc1nc(-c2ccc(C3=CCN(C(=O)OC(C)(C)C)CC3)cc2)nn1C. The van der Waals surface area contributed by atoms with Gasteiger partial charge in [-0.25, -0.2) is 9.78 Å². The molecule has 1 aromatic carbocycles. The van der Waals surface area contributed by atoms with Crippen LogP contribution in [0.3, 0.4) is 0 Å². The Kier molecular flexibility index (Phi) is 4.85. The van der Waals surface area contributed by atoms with E-state index in [9.17, 15) is 4.79 Å². The van der Waals surface area contributed by atoms with Crippen molar-refractivity contribution in [1.82, 2.24) is 19.7 Å². The minimum Gasteiger partial charge on any atom is -0.444 e. The van der Waals surface area contributed by atoms with Crippen molar-refractivity contribution in [2.45, 2.75) is 39.7 Å². The average Bonchev–Trinajstić information content (AvgIpc) is 2.93. The molecule has 0 fully saturated rings. The van der Waals surface area contributed by atoms with E-state index in [1.807, 2.05) is 46.9 Å². The van der Waals surface area contributed by atoms with E-state index >= 15 is 0 Å². The summed E-state index contributed by atoms with van der Waals surface area (Å²) in [4.78, 5) is 18.3. The molecule has 0 bridgehead atoms. The Morgan fingerprint density at radius 2 is 1.81 bits per heavy atom. The molecule has 0 aliphatic carbocycles. The number of hydrogen-bond acceptors (Lipinski definition) is 4. The Morgan fingerprint density at radius 1 is 1.15 bits per heavy atom. The second-order valence-corrected chi connectivity index (χ2v) is 7.59. The summed E-state index contributed by atoms with van der Waals surface area (Å²) in [6.45, 7) is 8.84. The summed E-state index contributed by atoms with van der Waals surface area (Å²) in [6.07, 6.45) is 2.67. The van der Waals surface area contributed by atoms with Gasteiger partial charge in [0, 0.05) is 25.7 Å². The van der Waals surface area contributed by atoms with Crippen LogP contribution in [0.25, 0.3) is 17.0 Å². The summed E-state index contributed by atoms with van der Waals surface area (Å²) in [5.74, 6) is 1.63. The highest BCUT2D eigenvalue weighted by Gasteiger charge is 2.23. The minimum atomic E-state index is -0.464. The lowest BCUT2D eigenvalue weighted by molar-refractivity contribution is 0.0270. The third-order valence-electron chi connectivity index (χ3n) is 4.36. The first kappa shape index (κ1) is 18.2. The summed E-state index contributed by atoms with van der Waals surface area (Å²) in [7, 11) is 1.89. The number of aryl methyl sites for hydroxylation is 2. The molecular weight excluding hydrogens is 328 g/mol. The maximum atomic E-state index is 12.1. The normalized spacial score (nSPS) is 15.0. The highest BCUT2D eigenvalue weighted by molar-refractivity contribution is 5.73. The summed E-state index contributed by atoms with van der Waals surface area (Å²) in [5.41, 5.74) is 2.96.